The summed E-state index contributed by atoms with van der Waals surface area (Å²) in [6.07, 6.45) is 4.87. The van der Waals surface area contributed by atoms with E-state index < -0.39 is 4.92 Å². The van der Waals surface area contributed by atoms with Gasteiger partial charge >= 0.3 is 0 Å². The first-order chi connectivity index (χ1) is 10.1. The molecule has 1 saturated heterocycles. The van der Waals surface area contributed by atoms with E-state index in [9.17, 15) is 14.9 Å². The fraction of sp³-hybridized carbons (Fsp3) is 0.533. The third-order valence-electron chi connectivity index (χ3n) is 3.92. The Bertz CT molecular complexity index is 523. The Morgan fingerprint density at radius 1 is 1.29 bits per heavy atom. The van der Waals surface area contributed by atoms with Crippen LogP contribution in [0.25, 0.3) is 0 Å². The number of nitro benzene ring substituents is 1. The summed E-state index contributed by atoms with van der Waals surface area (Å²) in [5.74, 6) is -0.0242. The Morgan fingerprint density at radius 2 is 1.95 bits per heavy atom. The van der Waals surface area contributed by atoms with E-state index in [-0.39, 0.29) is 11.6 Å². The van der Waals surface area contributed by atoms with Crippen molar-refractivity contribution in [3.63, 3.8) is 0 Å². The molecule has 0 bridgehead atoms. The molecule has 1 amide bonds. The average Bonchev–Trinajstić information content (AvgIpc) is 2.69. The maximum Gasteiger partial charge on any atom is 0.279 e. The molecule has 1 aliphatic heterocycles. The lowest BCUT2D eigenvalue weighted by molar-refractivity contribution is -0.890. The molecular formula is C15H22N3O3+. The Morgan fingerprint density at radius 3 is 2.52 bits per heavy atom. The minimum atomic E-state index is -0.431. The van der Waals surface area contributed by atoms with Gasteiger partial charge in [0.15, 0.2) is 6.54 Å². The molecule has 2 rings (SSSR count). The number of likely N-dealkylation sites (tertiary alicyclic amines) is 1. The highest BCUT2D eigenvalue weighted by Gasteiger charge is 2.17. The summed E-state index contributed by atoms with van der Waals surface area (Å²) < 4.78 is 0. The van der Waals surface area contributed by atoms with E-state index in [1.807, 2.05) is 0 Å². The van der Waals surface area contributed by atoms with Crippen molar-refractivity contribution in [2.24, 2.45) is 0 Å². The smallest absolute Gasteiger partial charge is 0.279 e. The van der Waals surface area contributed by atoms with Crippen LogP contribution in [-0.2, 0) is 4.79 Å². The van der Waals surface area contributed by atoms with Crippen LogP contribution in [0.2, 0.25) is 0 Å². The number of aryl methyl sites for hydroxylation is 1. The normalized spacial score (nSPS) is 16.2. The molecule has 0 unspecified atom stereocenters. The van der Waals surface area contributed by atoms with E-state index >= 15 is 0 Å². The monoisotopic (exact) mass is 292 g/mol. The van der Waals surface area contributed by atoms with Gasteiger partial charge < -0.3 is 10.2 Å². The van der Waals surface area contributed by atoms with Crippen LogP contribution in [0.5, 0.6) is 0 Å². The van der Waals surface area contributed by atoms with Crippen molar-refractivity contribution in [1.29, 1.82) is 0 Å². The number of anilines is 1. The van der Waals surface area contributed by atoms with Gasteiger partial charge in [0, 0.05) is 17.8 Å². The summed E-state index contributed by atoms with van der Waals surface area (Å²) >= 11 is 0. The summed E-state index contributed by atoms with van der Waals surface area (Å²) in [5, 5.41) is 13.6. The standard InChI is InChI=1S/C15H21N3O3/c1-12-10-13(18(20)21)6-7-14(12)16-15(19)11-17-8-4-2-3-5-9-17/h6-7,10H,2-5,8-9,11H2,1H3,(H,16,19)/p+1. The van der Waals surface area contributed by atoms with Crippen LogP contribution in [0.1, 0.15) is 31.2 Å². The maximum absolute atomic E-state index is 12.1. The fourth-order valence-electron chi connectivity index (χ4n) is 2.73. The second-order valence-electron chi connectivity index (χ2n) is 5.65. The lowest BCUT2D eigenvalue weighted by Crippen LogP contribution is -3.12. The molecule has 1 aliphatic rings. The van der Waals surface area contributed by atoms with Crippen molar-refractivity contribution in [1.82, 2.24) is 0 Å². The first-order valence-corrected chi connectivity index (χ1v) is 7.45. The van der Waals surface area contributed by atoms with Crippen molar-refractivity contribution in [2.75, 3.05) is 25.0 Å². The van der Waals surface area contributed by atoms with Crippen LogP contribution in [0.3, 0.4) is 0 Å². The van der Waals surface area contributed by atoms with E-state index in [0.717, 1.165) is 13.1 Å². The van der Waals surface area contributed by atoms with Crippen molar-refractivity contribution in [3.05, 3.63) is 33.9 Å². The van der Waals surface area contributed by atoms with E-state index in [0.29, 0.717) is 17.8 Å². The zero-order valence-electron chi connectivity index (χ0n) is 12.4. The van der Waals surface area contributed by atoms with Crippen LogP contribution in [0.15, 0.2) is 18.2 Å². The Kier molecular flexibility index (Phi) is 5.27. The van der Waals surface area contributed by atoms with Crippen LogP contribution >= 0.6 is 0 Å². The summed E-state index contributed by atoms with van der Waals surface area (Å²) in [6.45, 7) is 4.33. The van der Waals surface area contributed by atoms with Crippen LogP contribution in [0.4, 0.5) is 11.4 Å². The number of hydrogen-bond acceptors (Lipinski definition) is 3. The highest BCUT2D eigenvalue weighted by molar-refractivity contribution is 5.92. The molecule has 2 N–H and O–H groups in total. The number of benzene rings is 1. The molecule has 0 aliphatic carbocycles. The van der Waals surface area contributed by atoms with Gasteiger partial charge in [0.1, 0.15) is 0 Å². The topological polar surface area (TPSA) is 76.7 Å². The average molecular weight is 292 g/mol. The number of quaternary nitrogens is 1. The number of nitrogens with zero attached hydrogens (tertiary/aromatic N) is 1. The number of carbonyl (C=O) groups excluding carboxylic acids is 1. The van der Waals surface area contributed by atoms with Crippen molar-refractivity contribution >= 4 is 17.3 Å². The van der Waals surface area contributed by atoms with E-state index in [1.54, 1.807) is 13.0 Å². The lowest BCUT2D eigenvalue weighted by Gasteiger charge is -2.16. The molecule has 114 valence electrons. The summed E-state index contributed by atoms with van der Waals surface area (Å²) in [6, 6.07) is 4.50. The minimum Gasteiger partial charge on any atom is -0.327 e. The molecular weight excluding hydrogens is 270 g/mol. The highest BCUT2D eigenvalue weighted by Crippen LogP contribution is 2.20. The quantitative estimate of drug-likeness (QED) is 0.648. The van der Waals surface area contributed by atoms with E-state index in [2.05, 4.69) is 5.32 Å². The SMILES string of the molecule is Cc1cc([N+](=O)[O-])ccc1NC(=O)C[NH+]1CCCCCC1. The van der Waals surface area contributed by atoms with Crippen LogP contribution in [0, 0.1) is 17.0 Å². The van der Waals surface area contributed by atoms with E-state index in [1.165, 1.54) is 42.7 Å². The molecule has 1 aromatic rings. The van der Waals surface area contributed by atoms with Gasteiger partial charge in [-0.2, -0.15) is 0 Å². The predicted octanol–water partition coefficient (Wildman–Crippen LogP) is 1.30. The van der Waals surface area contributed by atoms with Gasteiger partial charge in [-0.15, -0.1) is 0 Å². The molecule has 21 heavy (non-hydrogen) atoms. The minimum absolute atomic E-state index is 0.0242. The largest absolute Gasteiger partial charge is 0.327 e. The summed E-state index contributed by atoms with van der Waals surface area (Å²) in [7, 11) is 0. The molecule has 0 radical (unpaired) electrons. The molecule has 1 heterocycles. The van der Waals surface area contributed by atoms with Gasteiger partial charge in [0.25, 0.3) is 11.6 Å². The first kappa shape index (κ1) is 15.4. The third kappa shape index (κ3) is 4.53. The third-order valence-corrected chi connectivity index (χ3v) is 3.92. The Labute approximate surface area is 124 Å². The molecule has 1 aromatic carbocycles. The van der Waals surface area contributed by atoms with Gasteiger partial charge in [-0.25, -0.2) is 0 Å². The summed E-state index contributed by atoms with van der Waals surface area (Å²) in [4.78, 5) is 23.7. The number of nitrogens with one attached hydrogen (secondary N) is 2. The van der Waals surface area contributed by atoms with Gasteiger partial charge in [0.2, 0.25) is 0 Å². The highest BCUT2D eigenvalue weighted by atomic mass is 16.6. The maximum atomic E-state index is 12.1. The van der Waals surface area contributed by atoms with E-state index in [4.69, 9.17) is 0 Å². The molecule has 0 saturated carbocycles. The van der Waals surface area contributed by atoms with Crippen LogP contribution in [-0.4, -0.2) is 30.5 Å². The van der Waals surface area contributed by atoms with Gasteiger partial charge in [-0.3, -0.25) is 14.9 Å². The molecule has 0 spiro atoms. The van der Waals surface area contributed by atoms with Crippen molar-refractivity contribution in [2.45, 2.75) is 32.6 Å². The Balaban J connectivity index is 1.94. The summed E-state index contributed by atoms with van der Waals surface area (Å²) in [5.41, 5.74) is 1.41. The molecule has 0 aromatic heterocycles. The molecule has 6 heteroatoms. The number of non-ortho nitro benzene ring substituents is 1. The zero-order chi connectivity index (χ0) is 15.2. The second-order valence-corrected chi connectivity index (χ2v) is 5.65. The second kappa shape index (κ2) is 7.17. The van der Waals surface area contributed by atoms with Gasteiger partial charge in [0.05, 0.1) is 18.0 Å². The molecule has 1 fully saturated rings. The van der Waals surface area contributed by atoms with Crippen molar-refractivity contribution in [3.8, 4) is 0 Å². The number of amides is 1. The fourth-order valence-corrected chi connectivity index (χ4v) is 2.73. The van der Waals surface area contributed by atoms with Gasteiger partial charge in [-0.1, -0.05) is 0 Å². The predicted molar refractivity (Wildman–Crippen MR) is 80.5 cm³/mol. The van der Waals surface area contributed by atoms with Gasteiger partial charge in [-0.05, 0) is 44.2 Å². The molecule has 0 atom stereocenters. The zero-order valence-corrected chi connectivity index (χ0v) is 12.4. The Hall–Kier alpha value is -1.95. The number of carbonyl (C=O) groups is 1. The molecule has 6 nitrogen and oxygen atoms in total. The number of hydrogen-bond donors (Lipinski definition) is 2. The van der Waals surface area contributed by atoms with Crippen LogP contribution < -0.4 is 10.2 Å². The number of rotatable bonds is 4. The lowest BCUT2D eigenvalue weighted by atomic mass is 10.2. The van der Waals surface area contributed by atoms with Crippen molar-refractivity contribution < 1.29 is 14.6 Å². The first-order valence-electron chi connectivity index (χ1n) is 7.45. The number of nitro groups is 1.